The molecular formula is C27H31N3O7. The van der Waals surface area contributed by atoms with Gasteiger partial charge in [-0.2, -0.15) is 0 Å². The lowest BCUT2D eigenvalue weighted by Gasteiger charge is -2.38. The lowest BCUT2D eigenvalue weighted by Crippen LogP contribution is -2.50. The Morgan fingerprint density at radius 1 is 0.919 bits per heavy atom. The van der Waals surface area contributed by atoms with Crippen LogP contribution >= 0.6 is 0 Å². The third-order valence-electron chi connectivity index (χ3n) is 7.16. The average molecular weight is 510 g/mol. The van der Waals surface area contributed by atoms with Crippen LogP contribution in [0.3, 0.4) is 0 Å². The molecular weight excluding hydrogens is 478 g/mol. The molecule has 10 nitrogen and oxygen atoms in total. The highest BCUT2D eigenvalue weighted by Crippen LogP contribution is 2.32. The van der Waals surface area contributed by atoms with E-state index in [0.29, 0.717) is 37.7 Å². The van der Waals surface area contributed by atoms with Crippen molar-refractivity contribution in [3.8, 4) is 11.5 Å². The van der Waals surface area contributed by atoms with Crippen LogP contribution in [-0.4, -0.2) is 89.9 Å². The number of imide groups is 1. The zero-order chi connectivity index (χ0) is 26.7. The van der Waals surface area contributed by atoms with Crippen LogP contribution in [0.2, 0.25) is 0 Å². The first-order chi connectivity index (χ1) is 17.8. The van der Waals surface area contributed by atoms with Gasteiger partial charge >= 0.3 is 5.97 Å². The predicted octanol–water partition coefficient (Wildman–Crippen LogP) is 2.44. The number of rotatable bonds is 9. The van der Waals surface area contributed by atoms with Crippen molar-refractivity contribution >= 4 is 23.7 Å². The number of amides is 3. The number of fused-ring (bicyclic) bond motifs is 1. The van der Waals surface area contributed by atoms with Gasteiger partial charge in [-0.25, -0.2) is 4.79 Å². The zero-order valence-corrected chi connectivity index (χ0v) is 21.2. The number of ether oxygens (including phenoxy) is 2. The number of nitrogens with zero attached hydrogens (tertiary/aromatic N) is 3. The first kappa shape index (κ1) is 26.2. The van der Waals surface area contributed by atoms with Crippen LogP contribution in [0.15, 0.2) is 42.5 Å². The molecule has 196 valence electrons. The van der Waals surface area contributed by atoms with Gasteiger partial charge in [0.1, 0.15) is 6.04 Å². The Balaban J connectivity index is 1.33. The fourth-order valence-electron chi connectivity index (χ4n) is 4.95. The summed E-state index contributed by atoms with van der Waals surface area (Å²) in [5, 5.41) is 9.75. The Labute approximate surface area is 215 Å². The van der Waals surface area contributed by atoms with Crippen molar-refractivity contribution in [1.82, 2.24) is 14.7 Å². The summed E-state index contributed by atoms with van der Waals surface area (Å²) in [5.74, 6) is -1.46. The number of piperazine rings is 1. The highest BCUT2D eigenvalue weighted by molar-refractivity contribution is 6.22. The van der Waals surface area contributed by atoms with Gasteiger partial charge in [0, 0.05) is 38.6 Å². The molecule has 2 aromatic carbocycles. The largest absolute Gasteiger partial charge is 0.493 e. The molecule has 0 aromatic heterocycles. The summed E-state index contributed by atoms with van der Waals surface area (Å²) >= 11 is 0. The zero-order valence-electron chi connectivity index (χ0n) is 21.2. The van der Waals surface area contributed by atoms with Crippen LogP contribution in [-0.2, 0) is 9.59 Å². The van der Waals surface area contributed by atoms with Gasteiger partial charge in [0.25, 0.3) is 11.8 Å². The van der Waals surface area contributed by atoms with Crippen molar-refractivity contribution in [2.24, 2.45) is 0 Å². The molecule has 1 fully saturated rings. The number of aliphatic carboxylic acids is 1. The summed E-state index contributed by atoms with van der Waals surface area (Å²) in [6, 6.07) is 10.8. The van der Waals surface area contributed by atoms with E-state index in [4.69, 9.17) is 9.47 Å². The number of hydrogen-bond acceptors (Lipinski definition) is 7. The number of hydrogen-bond donors (Lipinski definition) is 1. The van der Waals surface area contributed by atoms with Gasteiger partial charge in [-0.1, -0.05) is 18.2 Å². The fraction of sp³-hybridized carbons (Fsp3) is 0.407. The third kappa shape index (κ3) is 5.15. The molecule has 2 heterocycles. The standard InChI is InChI=1S/C27H31N3O7/c1-17(18-8-10-22(36-2)23(16-18)37-3)28-12-14-29(15-13-28)24(31)11-9-21(27(34)35)30-25(32)19-6-4-5-7-20(19)26(30)33/h4-8,10,16-17,21H,9,11-15H2,1-3H3,(H,34,35)/t17?,21-/m0/s1. The van der Waals surface area contributed by atoms with Gasteiger partial charge in [0.15, 0.2) is 11.5 Å². The molecule has 4 rings (SSSR count). The monoisotopic (exact) mass is 509 g/mol. The smallest absolute Gasteiger partial charge is 0.326 e. The van der Waals surface area contributed by atoms with E-state index < -0.39 is 23.8 Å². The fourth-order valence-corrected chi connectivity index (χ4v) is 4.95. The van der Waals surface area contributed by atoms with Gasteiger partial charge < -0.3 is 19.5 Å². The molecule has 0 bridgehead atoms. The molecule has 0 spiro atoms. The van der Waals surface area contributed by atoms with Gasteiger partial charge in [0.2, 0.25) is 5.91 Å². The number of methoxy groups -OCH3 is 2. The minimum atomic E-state index is -1.40. The van der Waals surface area contributed by atoms with E-state index in [1.807, 2.05) is 18.2 Å². The first-order valence-corrected chi connectivity index (χ1v) is 12.2. The Bertz CT molecular complexity index is 1170. The maximum atomic E-state index is 12.9. The van der Waals surface area contributed by atoms with Crippen LogP contribution in [0.4, 0.5) is 0 Å². The molecule has 3 amide bonds. The maximum Gasteiger partial charge on any atom is 0.326 e. The molecule has 0 saturated carbocycles. The van der Waals surface area contributed by atoms with E-state index in [1.165, 1.54) is 12.1 Å². The highest BCUT2D eigenvalue weighted by Gasteiger charge is 2.43. The van der Waals surface area contributed by atoms with Crippen LogP contribution in [0.1, 0.15) is 52.1 Å². The number of carbonyl (C=O) groups excluding carboxylic acids is 3. The quantitative estimate of drug-likeness (QED) is 0.513. The van der Waals surface area contributed by atoms with Crippen LogP contribution in [0.5, 0.6) is 11.5 Å². The number of carboxylic acid groups (broad SMARTS) is 1. The number of benzene rings is 2. The minimum absolute atomic E-state index is 0.0738. The summed E-state index contributed by atoms with van der Waals surface area (Å²) < 4.78 is 10.7. The van der Waals surface area contributed by atoms with Crippen LogP contribution in [0, 0.1) is 0 Å². The van der Waals surface area contributed by atoms with Crippen LogP contribution in [0.25, 0.3) is 0 Å². The summed E-state index contributed by atoms with van der Waals surface area (Å²) in [5.41, 5.74) is 1.44. The molecule has 2 aliphatic heterocycles. The van der Waals surface area contributed by atoms with Gasteiger partial charge in [-0.3, -0.25) is 24.2 Å². The SMILES string of the molecule is COc1ccc(C(C)N2CCN(C(=O)CC[C@@H](C(=O)O)N3C(=O)c4ccccc4C3=O)CC2)cc1OC. The molecule has 1 saturated heterocycles. The lowest BCUT2D eigenvalue weighted by molar-refractivity contribution is -0.142. The lowest BCUT2D eigenvalue weighted by atomic mass is 10.0. The van der Waals surface area contributed by atoms with Crippen LogP contribution < -0.4 is 9.47 Å². The Morgan fingerprint density at radius 3 is 2.05 bits per heavy atom. The topological polar surface area (TPSA) is 117 Å². The number of carbonyl (C=O) groups is 4. The molecule has 1 N–H and O–H groups in total. The van der Waals surface area contributed by atoms with Crippen molar-refractivity contribution in [3.63, 3.8) is 0 Å². The molecule has 2 aliphatic rings. The van der Waals surface area contributed by atoms with Crippen molar-refractivity contribution in [2.45, 2.75) is 31.8 Å². The summed E-state index contributed by atoms with van der Waals surface area (Å²) in [7, 11) is 3.19. The van der Waals surface area contributed by atoms with Crippen molar-refractivity contribution < 1.29 is 33.8 Å². The maximum absolute atomic E-state index is 12.9. The number of carboxylic acids is 1. The summed E-state index contributed by atoms with van der Waals surface area (Å²) in [4.78, 5) is 55.1. The van der Waals surface area contributed by atoms with Gasteiger partial charge in [0.05, 0.1) is 25.3 Å². The van der Waals surface area contributed by atoms with E-state index in [9.17, 15) is 24.3 Å². The average Bonchev–Trinajstić information content (AvgIpc) is 3.17. The van der Waals surface area contributed by atoms with E-state index >= 15 is 0 Å². The first-order valence-electron chi connectivity index (χ1n) is 12.2. The highest BCUT2D eigenvalue weighted by atomic mass is 16.5. The molecule has 37 heavy (non-hydrogen) atoms. The van der Waals surface area contributed by atoms with E-state index in [-0.39, 0.29) is 35.9 Å². The predicted molar refractivity (Wildman–Crippen MR) is 134 cm³/mol. The molecule has 0 aliphatic carbocycles. The third-order valence-corrected chi connectivity index (χ3v) is 7.16. The molecule has 2 atom stereocenters. The van der Waals surface area contributed by atoms with Gasteiger partial charge in [-0.05, 0) is 43.2 Å². The van der Waals surface area contributed by atoms with E-state index in [1.54, 1.807) is 31.3 Å². The van der Waals surface area contributed by atoms with E-state index in [2.05, 4.69) is 11.8 Å². The Morgan fingerprint density at radius 2 is 1.51 bits per heavy atom. The van der Waals surface area contributed by atoms with E-state index in [0.717, 1.165) is 10.5 Å². The van der Waals surface area contributed by atoms with Crippen molar-refractivity contribution in [1.29, 1.82) is 0 Å². The van der Waals surface area contributed by atoms with Crippen molar-refractivity contribution in [2.75, 3.05) is 40.4 Å². The Hall–Kier alpha value is -3.92. The second-order valence-electron chi connectivity index (χ2n) is 9.13. The molecule has 0 radical (unpaired) electrons. The normalized spacial score (nSPS) is 17.4. The Kier molecular flexibility index (Phi) is 7.77. The molecule has 2 aromatic rings. The summed E-state index contributed by atoms with van der Waals surface area (Å²) in [6.07, 6.45) is -0.211. The summed E-state index contributed by atoms with van der Waals surface area (Å²) in [6.45, 7) is 4.41. The molecule has 1 unspecified atom stereocenters. The van der Waals surface area contributed by atoms with Crippen molar-refractivity contribution in [3.05, 3.63) is 59.2 Å². The van der Waals surface area contributed by atoms with Gasteiger partial charge in [-0.15, -0.1) is 0 Å². The minimum Gasteiger partial charge on any atom is -0.493 e. The molecule has 10 heteroatoms. The second kappa shape index (κ2) is 11.0. The second-order valence-corrected chi connectivity index (χ2v) is 9.13.